The molecule has 0 fully saturated rings. The number of aryl methyl sites for hydroxylation is 1. The molecule has 2 N–H and O–H groups in total. The summed E-state index contributed by atoms with van der Waals surface area (Å²) in [6.07, 6.45) is 5.65. The number of pyridine rings is 1. The van der Waals surface area contributed by atoms with Crippen molar-refractivity contribution in [1.29, 1.82) is 0 Å². The third kappa shape index (κ3) is 4.07. The molecule has 2 rings (SSSR count). The van der Waals surface area contributed by atoms with Crippen LogP contribution in [0.15, 0.2) is 48.8 Å². The van der Waals surface area contributed by atoms with Gasteiger partial charge in [-0.1, -0.05) is 18.2 Å². The fourth-order valence-electron chi connectivity index (χ4n) is 1.93. The average molecular weight is 256 g/mol. The van der Waals surface area contributed by atoms with Crippen LogP contribution in [0, 0.1) is 0 Å². The summed E-state index contributed by atoms with van der Waals surface area (Å²) in [6, 6.07) is 12.2. The summed E-state index contributed by atoms with van der Waals surface area (Å²) in [5, 5.41) is 0. The minimum Gasteiger partial charge on any atom is -0.486 e. The molecular weight excluding hydrogens is 236 g/mol. The van der Waals surface area contributed by atoms with Gasteiger partial charge in [0, 0.05) is 18.0 Å². The largest absolute Gasteiger partial charge is 0.486 e. The fraction of sp³-hybridized carbons (Fsp3) is 0.312. The van der Waals surface area contributed by atoms with Crippen molar-refractivity contribution in [3.05, 3.63) is 59.9 Å². The Morgan fingerprint density at radius 3 is 2.63 bits per heavy atom. The van der Waals surface area contributed by atoms with Crippen LogP contribution in [0.25, 0.3) is 0 Å². The van der Waals surface area contributed by atoms with Crippen molar-refractivity contribution >= 4 is 0 Å². The Morgan fingerprint density at radius 1 is 1.21 bits per heavy atom. The van der Waals surface area contributed by atoms with Gasteiger partial charge in [0.05, 0.1) is 0 Å². The second-order valence-electron chi connectivity index (χ2n) is 4.58. The van der Waals surface area contributed by atoms with E-state index in [1.54, 1.807) is 6.20 Å². The Bertz CT molecular complexity index is 482. The van der Waals surface area contributed by atoms with Gasteiger partial charge in [0.15, 0.2) is 0 Å². The lowest BCUT2D eigenvalue weighted by Crippen LogP contribution is -2.03. The Morgan fingerprint density at radius 2 is 2.00 bits per heavy atom. The van der Waals surface area contributed by atoms with Crippen LogP contribution < -0.4 is 10.5 Å². The van der Waals surface area contributed by atoms with E-state index in [1.165, 1.54) is 5.56 Å². The normalized spacial score (nSPS) is 12.1. The Labute approximate surface area is 114 Å². The highest BCUT2D eigenvalue weighted by Gasteiger charge is 2.06. The molecule has 1 unspecified atom stereocenters. The lowest BCUT2D eigenvalue weighted by atomic mass is 10.1. The van der Waals surface area contributed by atoms with Crippen LogP contribution in [0.5, 0.6) is 5.75 Å². The summed E-state index contributed by atoms with van der Waals surface area (Å²) >= 11 is 0. The Hall–Kier alpha value is -1.87. The summed E-state index contributed by atoms with van der Waals surface area (Å²) in [5.41, 5.74) is 7.88. The van der Waals surface area contributed by atoms with Gasteiger partial charge in [-0.3, -0.25) is 4.98 Å². The maximum absolute atomic E-state index is 5.90. The van der Waals surface area contributed by atoms with Crippen LogP contribution in [0.1, 0.15) is 30.6 Å². The minimum absolute atomic E-state index is 0.00333. The lowest BCUT2D eigenvalue weighted by molar-refractivity contribution is 0.226. The zero-order valence-electron chi connectivity index (χ0n) is 11.3. The molecule has 2 aromatic rings. The standard InChI is InChI=1S/C16H20N2O/c1-13(15-5-3-11-18-12-15)19-16-8-6-14(7-9-16)4-2-10-17/h3,5-9,11-13H,2,4,10,17H2,1H3. The first-order valence-corrected chi connectivity index (χ1v) is 6.65. The van der Waals surface area contributed by atoms with Gasteiger partial charge in [-0.15, -0.1) is 0 Å². The molecule has 3 nitrogen and oxygen atoms in total. The topological polar surface area (TPSA) is 48.1 Å². The second-order valence-corrected chi connectivity index (χ2v) is 4.58. The first kappa shape index (κ1) is 13.6. The molecule has 0 aliphatic rings. The van der Waals surface area contributed by atoms with Crippen molar-refractivity contribution in [2.75, 3.05) is 6.54 Å². The van der Waals surface area contributed by atoms with Gasteiger partial charge < -0.3 is 10.5 Å². The number of nitrogens with two attached hydrogens (primary N) is 1. The highest BCUT2D eigenvalue weighted by Crippen LogP contribution is 2.21. The highest BCUT2D eigenvalue weighted by molar-refractivity contribution is 5.28. The van der Waals surface area contributed by atoms with E-state index < -0.39 is 0 Å². The van der Waals surface area contributed by atoms with Gasteiger partial charge >= 0.3 is 0 Å². The average Bonchev–Trinajstić information content (AvgIpc) is 2.47. The van der Waals surface area contributed by atoms with Crippen molar-refractivity contribution in [3.63, 3.8) is 0 Å². The monoisotopic (exact) mass is 256 g/mol. The van der Waals surface area contributed by atoms with Gasteiger partial charge in [-0.25, -0.2) is 0 Å². The molecule has 0 saturated heterocycles. The van der Waals surface area contributed by atoms with Crippen LogP contribution in [-0.2, 0) is 6.42 Å². The predicted octanol–water partition coefficient (Wildman–Crippen LogP) is 3.11. The number of rotatable bonds is 6. The van der Waals surface area contributed by atoms with Crippen LogP contribution in [0.4, 0.5) is 0 Å². The van der Waals surface area contributed by atoms with Crippen molar-refractivity contribution in [2.24, 2.45) is 5.73 Å². The number of aromatic nitrogens is 1. The van der Waals surface area contributed by atoms with Crippen molar-refractivity contribution in [2.45, 2.75) is 25.9 Å². The number of hydrogen-bond donors (Lipinski definition) is 1. The van der Waals surface area contributed by atoms with Gasteiger partial charge in [0.2, 0.25) is 0 Å². The van der Waals surface area contributed by atoms with Crippen LogP contribution in [0.3, 0.4) is 0 Å². The minimum atomic E-state index is 0.00333. The number of benzene rings is 1. The molecule has 0 amide bonds. The summed E-state index contributed by atoms with van der Waals surface area (Å²) < 4.78 is 5.90. The molecule has 1 aromatic carbocycles. The van der Waals surface area contributed by atoms with E-state index in [9.17, 15) is 0 Å². The lowest BCUT2D eigenvalue weighted by Gasteiger charge is -2.14. The molecule has 1 heterocycles. The maximum atomic E-state index is 5.90. The van der Waals surface area contributed by atoms with E-state index in [1.807, 2.05) is 37.4 Å². The van der Waals surface area contributed by atoms with E-state index in [0.717, 1.165) is 30.7 Å². The van der Waals surface area contributed by atoms with Gasteiger partial charge in [0.1, 0.15) is 11.9 Å². The van der Waals surface area contributed by atoms with E-state index in [-0.39, 0.29) is 6.10 Å². The molecule has 0 radical (unpaired) electrons. The molecular formula is C16H20N2O. The molecule has 0 saturated carbocycles. The Balaban J connectivity index is 1.96. The van der Waals surface area contributed by atoms with E-state index in [2.05, 4.69) is 17.1 Å². The van der Waals surface area contributed by atoms with Crippen molar-refractivity contribution in [3.8, 4) is 5.75 Å². The molecule has 1 atom stereocenters. The fourth-order valence-corrected chi connectivity index (χ4v) is 1.93. The molecule has 100 valence electrons. The van der Waals surface area contributed by atoms with Crippen molar-refractivity contribution < 1.29 is 4.74 Å². The molecule has 0 aliphatic heterocycles. The number of ether oxygens (including phenoxy) is 1. The number of hydrogen-bond acceptors (Lipinski definition) is 3. The molecule has 3 heteroatoms. The third-order valence-corrected chi connectivity index (χ3v) is 3.06. The molecule has 19 heavy (non-hydrogen) atoms. The van der Waals surface area contributed by atoms with Crippen LogP contribution in [0.2, 0.25) is 0 Å². The van der Waals surface area contributed by atoms with Crippen LogP contribution >= 0.6 is 0 Å². The smallest absolute Gasteiger partial charge is 0.122 e. The first-order chi connectivity index (χ1) is 9.29. The zero-order chi connectivity index (χ0) is 13.5. The van der Waals surface area contributed by atoms with Crippen molar-refractivity contribution in [1.82, 2.24) is 4.98 Å². The molecule has 0 aliphatic carbocycles. The SMILES string of the molecule is CC(Oc1ccc(CCCN)cc1)c1cccnc1. The Kier molecular flexibility index (Phi) is 4.93. The molecule has 0 bridgehead atoms. The predicted molar refractivity (Wildman–Crippen MR) is 77.1 cm³/mol. The second kappa shape index (κ2) is 6.90. The zero-order valence-corrected chi connectivity index (χ0v) is 11.3. The maximum Gasteiger partial charge on any atom is 0.122 e. The number of nitrogens with zero attached hydrogens (tertiary/aromatic N) is 1. The van der Waals surface area contributed by atoms with E-state index in [4.69, 9.17) is 10.5 Å². The van der Waals surface area contributed by atoms with Crippen LogP contribution in [-0.4, -0.2) is 11.5 Å². The quantitative estimate of drug-likeness (QED) is 0.864. The van der Waals surface area contributed by atoms with E-state index >= 15 is 0 Å². The van der Waals surface area contributed by atoms with Gasteiger partial charge in [0.25, 0.3) is 0 Å². The highest BCUT2D eigenvalue weighted by atomic mass is 16.5. The summed E-state index contributed by atoms with van der Waals surface area (Å²) in [6.45, 7) is 2.76. The molecule has 1 aromatic heterocycles. The van der Waals surface area contributed by atoms with Gasteiger partial charge in [-0.05, 0) is 50.1 Å². The summed E-state index contributed by atoms with van der Waals surface area (Å²) in [7, 11) is 0. The van der Waals surface area contributed by atoms with E-state index in [0.29, 0.717) is 0 Å². The molecule has 0 spiro atoms. The summed E-state index contributed by atoms with van der Waals surface area (Å²) in [4.78, 5) is 4.10. The summed E-state index contributed by atoms with van der Waals surface area (Å²) in [5.74, 6) is 0.882. The third-order valence-electron chi connectivity index (χ3n) is 3.06. The first-order valence-electron chi connectivity index (χ1n) is 6.65. The van der Waals surface area contributed by atoms with Gasteiger partial charge in [-0.2, -0.15) is 0 Å².